The molecule has 0 bridgehead atoms. The van der Waals surface area contributed by atoms with E-state index in [4.69, 9.17) is 31.7 Å². The van der Waals surface area contributed by atoms with Crippen LogP contribution in [0, 0.1) is 31.6 Å². The summed E-state index contributed by atoms with van der Waals surface area (Å²) in [5.74, 6) is -0.321. The van der Waals surface area contributed by atoms with Gasteiger partial charge in [0.1, 0.15) is 29.2 Å². The van der Waals surface area contributed by atoms with Crippen LogP contribution in [0.1, 0.15) is 110 Å². The highest BCUT2D eigenvalue weighted by Crippen LogP contribution is 2.48. The summed E-state index contributed by atoms with van der Waals surface area (Å²) in [6.07, 6.45) is 11.7. The number of ether oxygens (including phenoxy) is 1. The van der Waals surface area contributed by atoms with E-state index in [0.717, 1.165) is 79.9 Å². The van der Waals surface area contributed by atoms with Gasteiger partial charge >= 0.3 is 0 Å². The highest BCUT2D eigenvalue weighted by atomic mass is 35.5. The molecule has 2 saturated carbocycles. The predicted octanol–water partition coefficient (Wildman–Crippen LogP) is 8.68. The third-order valence-electron chi connectivity index (χ3n) is 10.7. The summed E-state index contributed by atoms with van der Waals surface area (Å²) in [6.45, 7) is 13.9. The molecule has 0 aromatic carbocycles. The summed E-state index contributed by atoms with van der Waals surface area (Å²) >= 11 is 6.85. The summed E-state index contributed by atoms with van der Waals surface area (Å²) in [5.41, 5.74) is 10.1. The number of halogens is 1. The van der Waals surface area contributed by atoms with Crippen LogP contribution < -0.4 is 11.1 Å². The number of nitrogens with one attached hydrogen (secondary N) is 1. The summed E-state index contributed by atoms with van der Waals surface area (Å²) in [7, 11) is -1.19. The van der Waals surface area contributed by atoms with Gasteiger partial charge in [0.05, 0.1) is 11.4 Å². The summed E-state index contributed by atoms with van der Waals surface area (Å²) < 4.78 is 13.8. The largest absolute Gasteiger partial charge is 0.365 e. The second-order valence-corrected chi connectivity index (χ2v) is 21.3. The Hall–Kier alpha value is -3.02. The van der Waals surface area contributed by atoms with Gasteiger partial charge in [-0.05, 0) is 56.2 Å². The molecule has 49 heavy (non-hydrogen) atoms. The monoisotopic (exact) mass is 710 g/mol. The number of rotatable bonds is 14. The molecule has 0 saturated heterocycles. The Morgan fingerprint density at radius 2 is 1.69 bits per heavy atom. The molecule has 268 valence electrons. The van der Waals surface area contributed by atoms with Crippen LogP contribution in [0.15, 0.2) is 16.7 Å². The number of primary amides is 1. The Morgan fingerprint density at radius 1 is 1.06 bits per heavy atom. The van der Waals surface area contributed by atoms with Gasteiger partial charge in [-0.2, -0.15) is 5.10 Å². The van der Waals surface area contributed by atoms with Crippen molar-refractivity contribution in [3.63, 3.8) is 0 Å². The van der Waals surface area contributed by atoms with E-state index in [1.807, 2.05) is 31.5 Å². The molecule has 0 spiro atoms. The van der Waals surface area contributed by atoms with Gasteiger partial charge in [0.2, 0.25) is 5.91 Å². The lowest BCUT2D eigenvalue weighted by Crippen LogP contribution is -2.39. The van der Waals surface area contributed by atoms with E-state index in [1.165, 1.54) is 12.8 Å². The topological polar surface area (TPSA) is 138 Å². The van der Waals surface area contributed by atoms with Gasteiger partial charge in [0.15, 0.2) is 5.76 Å². The van der Waals surface area contributed by atoms with E-state index in [2.05, 4.69) is 35.1 Å². The molecule has 2 aliphatic carbocycles. The van der Waals surface area contributed by atoms with Crippen LogP contribution in [0.4, 0.5) is 5.82 Å². The number of nitrogens with zero attached hydrogens (tertiary/aromatic N) is 4. The van der Waals surface area contributed by atoms with Crippen molar-refractivity contribution in [2.45, 2.75) is 130 Å². The molecule has 3 aromatic rings. The Kier molecular flexibility index (Phi) is 12.4. The average molecular weight is 711 g/mol. The normalized spacial score (nSPS) is 17.1. The lowest BCUT2D eigenvalue weighted by atomic mass is 9.63. The number of carbonyl (C=O) groups excluding carboxylic acids is 2. The second kappa shape index (κ2) is 16.3. The number of pyridine rings is 1. The number of carbonyl (C=O) groups is 2. The van der Waals surface area contributed by atoms with Gasteiger partial charge in [-0.1, -0.05) is 108 Å². The van der Waals surface area contributed by atoms with Gasteiger partial charge in [-0.15, -0.1) is 0 Å². The van der Waals surface area contributed by atoms with Crippen molar-refractivity contribution in [2.24, 2.45) is 23.5 Å². The number of hydrogen-bond donors (Lipinski definition) is 2. The van der Waals surface area contributed by atoms with Crippen LogP contribution in [0.2, 0.25) is 30.8 Å². The van der Waals surface area contributed by atoms with Crippen molar-refractivity contribution in [3.05, 3.63) is 45.7 Å². The summed E-state index contributed by atoms with van der Waals surface area (Å²) in [6, 6.07) is 4.75. The maximum Gasteiger partial charge on any atom is 0.254 e. The first-order valence-corrected chi connectivity index (χ1v) is 22.4. The maximum absolute atomic E-state index is 14.6. The average Bonchev–Trinajstić information content (AvgIpc) is 3.62. The minimum absolute atomic E-state index is 0.00444. The van der Waals surface area contributed by atoms with Crippen molar-refractivity contribution in [3.8, 4) is 11.1 Å². The van der Waals surface area contributed by atoms with Crippen molar-refractivity contribution < 1.29 is 18.8 Å². The highest BCUT2D eigenvalue weighted by molar-refractivity contribution is 6.76. The Balaban J connectivity index is 1.45. The van der Waals surface area contributed by atoms with Crippen LogP contribution in [-0.4, -0.2) is 46.4 Å². The van der Waals surface area contributed by atoms with Crippen LogP contribution in [0.3, 0.4) is 0 Å². The standard InChI is InChI=1S/C37H55ClN6O4Si/c1-7-28-32(36(39)45)34(48-43-28)33(31(25-14-10-8-11-15-25)26-16-12-9-13-17-26)37(46)41-29-19-18-27(35(38)40-29)30-23(2)42-44(24(30)3)22-47-20-21-49(4,5)6/h18-19,25-26,31,33H,7-17,20-22H2,1-6H3,(H2,39,45)(H,40,41,46)/t33-/m0/s1. The van der Waals surface area contributed by atoms with Gasteiger partial charge < -0.3 is 20.3 Å². The van der Waals surface area contributed by atoms with E-state index in [9.17, 15) is 9.59 Å². The molecule has 2 aliphatic rings. The molecule has 10 nitrogen and oxygen atoms in total. The Bertz CT molecular complexity index is 1580. The van der Waals surface area contributed by atoms with Gasteiger partial charge in [-0.25, -0.2) is 9.67 Å². The first-order valence-electron chi connectivity index (χ1n) is 18.3. The lowest BCUT2D eigenvalue weighted by Gasteiger charge is -2.41. The minimum Gasteiger partial charge on any atom is -0.365 e. The Morgan fingerprint density at radius 3 is 2.24 bits per heavy atom. The maximum atomic E-state index is 14.6. The van der Waals surface area contributed by atoms with Crippen molar-refractivity contribution >= 4 is 37.3 Å². The first-order chi connectivity index (χ1) is 23.4. The SMILES string of the molecule is CCc1noc([C@@H](C(=O)Nc2ccc(-c3c(C)nn(COCC[Si](C)(C)C)c3C)c(Cl)n2)C(C2CCCCC2)C2CCCCC2)c1C(N)=O. The minimum atomic E-state index is -1.19. The lowest BCUT2D eigenvalue weighted by molar-refractivity contribution is -0.121. The number of amides is 2. The third-order valence-corrected chi connectivity index (χ3v) is 12.7. The van der Waals surface area contributed by atoms with E-state index >= 15 is 0 Å². The van der Waals surface area contributed by atoms with Gasteiger partial charge in [0, 0.05) is 31.5 Å². The summed E-state index contributed by atoms with van der Waals surface area (Å²) in [4.78, 5) is 32.1. The van der Waals surface area contributed by atoms with E-state index < -0.39 is 19.9 Å². The second-order valence-electron chi connectivity index (χ2n) is 15.4. The molecule has 3 N–H and O–H groups in total. The Labute approximate surface area is 297 Å². The van der Waals surface area contributed by atoms with Crippen LogP contribution in [0.5, 0.6) is 0 Å². The number of nitrogens with two attached hydrogens (primary N) is 1. The molecule has 3 heterocycles. The number of aryl methyl sites for hydroxylation is 2. The molecule has 0 unspecified atom stereocenters. The van der Waals surface area contributed by atoms with E-state index in [1.54, 1.807) is 6.07 Å². The molecule has 2 fully saturated rings. The smallest absolute Gasteiger partial charge is 0.254 e. The first kappa shape index (κ1) is 37.2. The fourth-order valence-electron chi connectivity index (χ4n) is 8.13. The predicted molar refractivity (Wildman–Crippen MR) is 196 cm³/mol. The van der Waals surface area contributed by atoms with Crippen molar-refractivity contribution in [2.75, 3.05) is 11.9 Å². The molecular weight excluding hydrogens is 656 g/mol. The van der Waals surface area contributed by atoms with Crippen molar-refractivity contribution in [1.82, 2.24) is 19.9 Å². The number of anilines is 1. The summed E-state index contributed by atoms with van der Waals surface area (Å²) in [5, 5.41) is 12.3. The highest BCUT2D eigenvalue weighted by Gasteiger charge is 2.45. The molecule has 0 radical (unpaired) electrons. The number of hydrogen-bond acceptors (Lipinski definition) is 7. The zero-order valence-corrected chi connectivity index (χ0v) is 32.0. The van der Waals surface area contributed by atoms with Gasteiger partial charge in [0.25, 0.3) is 5.91 Å². The van der Waals surface area contributed by atoms with E-state index in [0.29, 0.717) is 43.1 Å². The molecule has 1 atom stereocenters. The van der Waals surface area contributed by atoms with Crippen LogP contribution in [0.25, 0.3) is 11.1 Å². The van der Waals surface area contributed by atoms with Crippen molar-refractivity contribution in [1.29, 1.82) is 0 Å². The van der Waals surface area contributed by atoms with Crippen LogP contribution >= 0.6 is 11.6 Å². The molecule has 3 aromatic heterocycles. The molecule has 5 rings (SSSR count). The zero-order chi connectivity index (χ0) is 35.3. The molecular formula is C37H55ClN6O4Si. The quantitative estimate of drug-likeness (QED) is 0.0970. The third kappa shape index (κ3) is 8.83. The number of aromatic nitrogens is 4. The fourth-order valence-corrected chi connectivity index (χ4v) is 9.13. The van der Waals surface area contributed by atoms with Gasteiger partial charge in [-0.3, -0.25) is 9.59 Å². The molecule has 2 amide bonds. The zero-order valence-electron chi connectivity index (χ0n) is 30.2. The van der Waals surface area contributed by atoms with Crippen LogP contribution in [-0.2, 0) is 22.7 Å². The fraction of sp³-hybridized carbons (Fsp3) is 0.649. The molecule has 12 heteroatoms. The van der Waals surface area contributed by atoms with E-state index in [-0.39, 0.29) is 28.3 Å². The molecule has 0 aliphatic heterocycles.